The highest BCUT2D eigenvalue weighted by Crippen LogP contribution is 2.48. The Morgan fingerprint density at radius 2 is 1.75 bits per heavy atom. The van der Waals surface area contributed by atoms with Crippen molar-refractivity contribution in [3.05, 3.63) is 53.7 Å². The molecule has 2 fully saturated rings. The van der Waals surface area contributed by atoms with Gasteiger partial charge in [0.05, 0.1) is 52.0 Å². The Morgan fingerprint density at radius 1 is 1.05 bits per heavy atom. The van der Waals surface area contributed by atoms with Gasteiger partial charge in [0.1, 0.15) is 11.5 Å². The Hall–Kier alpha value is -3.80. The largest absolute Gasteiger partial charge is 0.497 e. The van der Waals surface area contributed by atoms with E-state index in [1.165, 1.54) is 0 Å². The van der Waals surface area contributed by atoms with Crippen molar-refractivity contribution in [3.8, 4) is 11.5 Å². The fraction of sp³-hybridized carbons (Fsp3) is 0.448. The van der Waals surface area contributed by atoms with Gasteiger partial charge in [0.2, 0.25) is 5.91 Å². The molecule has 0 bridgehead atoms. The van der Waals surface area contributed by atoms with Crippen molar-refractivity contribution in [1.29, 1.82) is 0 Å². The number of ether oxygens (including phenoxy) is 3. The van der Waals surface area contributed by atoms with Gasteiger partial charge in [-0.2, -0.15) is 0 Å². The number of amides is 3. The van der Waals surface area contributed by atoms with Crippen LogP contribution in [0.15, 0.2) is 42.5 Å². The first-order valence-electron chi connectivity index (χ1n) is 13.5. The van der Waals surface area contributed by atoms with Crippen LogP contribution >= 0.6 is 0 Å². The Kier molecular flexibility index (Phi) is 7.03. The molecule has 0 radical (unpaired) electrons. The lowest BCUT2D eigenvalue weighted by molar-refractivity contribution is -0.140. The topological polar surface area (TPSA) is 120 Å². The van der Waals surface area contributed by atoms with Crippen LogP contribution in [0.1, 0.15) is 17.3 Å². The molecule has 3 aromatic rings. The minimum absolute atomic E-state index is 0.0386. The highest BCUT2D eigenvalue weighted by Gasteiger charge is 2.55. The predicted molar refractivity (Wildman–Crippen MR) is 149 cm³/mol. The predicted octanol–water partition coefficient (Wildman–Crippen LogP) is 2.18. The molecule has 2 saturated heterocycles. The van der Waals surface area contributed by atoms with Crippen LogP contribution in [0.2, 0.25) is 0 Å². The summed E-state index contributed by atoms with van der Waals surface area (Å²) in [6, 6.07) is 12.4. The van der Waals surface area contributed by atoms with Gasteiger partial charge in [0.25, 0.3) is 0 Å². The molecule has 212 valence electrons. The minimum atomic E-state index is -0.505. The summed E-state index contributed by atoms with van der Waals surface area (Å²) in [5, 5.41) is 14.5. The van der Waals surface area contributed by atoms with Gasteiger partial charge in [-0.25, -0.2) is 4.79 Å². The highest BCUT2D eigenvalue weighted by molar-refractivity contribution is 5.93. The number of rotatable bonds is 6. The molecule has 6 rings (SSSR count). The molecule has 1 spiro atoms. The number of aliphatic hydroxyl groups is 1. The van der Waals surface area contributed by atoms with Crippen molar-refractivity contribution in [2.45, 2.75) is 11.5 Å². The average molecular weight is 550 g/mol. The first-order chi connectivity index (χ1) is 19.4. The first-order valence-corrected chi connectivity index (χ1v) is 13.5. The smallest absolute Gasteiger partial charge is 0.321 e. The number of aliphatic hydroxyl groups excluding tert-OH is 1. The van der Waals surface area contributed by atoms with Crippen LogP contribution in [-0.4, -0.2) is 110 Å². The number of aromatic amines is 1. The number of nitrogens with one attached hydrogen (secondary N) is 2. The van der Waals surface area contributed by atoms with Gasteiger partial charge >= 0.3 is 6.03 Å². The van der Waals surface area contributed by atoms with Gasteiger partial charge in [-0.1, -0.05) is 0 Å². The number of fused-ring (bicyclic) bond motifs is 4. The number of aromatic nitrogens is 1. The second-order valence-corrected chi connectivity index (χ2v) is 10.7. The van der Waals surface area contributed by atoms with Gasteiger partial charge in [-0.05, 0) is 42.0 Å². The average Bonchev–Trinajstić information content (AvgIpc) is 3.35. The standard InChI is InChI=1S/C29H35N5O6/c1-38-20-5-3-19(4-6-20)30-28(37)33-16-29(17-33)18-34(25(36)14-32-9-11-40-12-10-32)24(15-35)27-26(29)22-8-7-21(39-2)13-23(22)31-27/h3-8,13,24,31,35H,9-12,14-18H2,1-2H3,(H,30,37)/t24-/m1/s1. The van der Waals surface area contributed by atoms with E-state index >= 15 is 0 Å². The normalized spacial score (nSPS) is 20.2. The third kappa shape index (κ3) is 4.63. The summed E-state index contributed by atoms with van der Waals surface area (Å²) in [6.07, 6.45) is 0. The Labute approximate surface area is 232 Å². The van der Waals surface area contributed by atoms with Crippen LogP contribution in [0.25, 0.3) is 10.9 Å². The third-order valence-electron chi connectivity index (χ3n) is 8.32. The van der Waals surface area contributed by atoms with E-state index in [0.717, 1.165) is 27.9 Å². The van der Waals surface area contributed by atoms with Crippen LogP contribution < -0.4 is 14.8 Å². The number of likely N-dealkylation sites (tertiary alicyclic amines) is 1. The molecule has 3 amide bonds. The summed E-state index contributed by atoms with van der Waals surface area (Å²) in [7, 11) is 3.22. The van der Waals surface area contributed by atoms with Crippen molar-refractivity contribution in [2.75, 3.05) is 78.6 Å². The number of benzene rings is 2. The van der Waals surface area contributed by atoms with Gasteiger partial charge < -0.3 is 39.4 Å². The lowest BCUT2D eigenvalue weighted by Gasteiger charge is -2.56. The Morgan fingerprint density at radius 3 is 2.42 bits per heavy atom. The summed E-state index contributed by atoms with van der Waals surface area (Å²) >= 11 is 0. The summed E-state index contributed by atoms with van der Waals surface area (Å²) in [4.78, 5) is 36.0. The zero-order valence-electron chi connectivity index (χ0n) is 22.8. The van der Waals surface area contributed by atoms with Gasteiger partial charge in [-0.3, -0.25) is 9.69 Å². The second kappa shape index (κ2) is 10.6. The highest BCUT2D eigenvalue weighted by atomic mass is 16.5. The molecule has 40 heavy (non-hydrogen) atoms. The summed E-state index contributed by atoms with van der Waals surface area (Å²) in [5.41, 5.74) is 2.98. The van der Waals surface area contributed by atoms with E-state index in [1.807, 2.05) is 18.2 Å². The van der Waals surface area contributed by atoms with Gasteiger partial charge in [-0.15, -0.1) is 0 Å². The van der Waals surface area contributed by atoms with Crippen molar-refractivity contribution in [2.24, 2.45) is 0 Å². The molecule has 11 heteroatoms. The summed E-state index contributed by atoms with van der Waals surface area (Å²) < 4.78 is 16.1. The molecule has 3 aliphatic rings. The maximum atomic E-state index is 13.7. The van der Waals surface area contributed by atoms with E-state index in [2.05, 4.69) is 15.2 Å². The number of carbonyl (C=O) groups is 2. The number of carbonyl (C=O) groups excluding carboxylic acids is 2. The summed E-state index contributed by atoms with van der Waals surface area (Å²) in [5.74, 6) is 1.39. The Bertz CT molecular complexity index is 1390. The number of nitrogens with zero attached hydrogens (tertiary/aromatic N) is 3. The zero-order chi connectivity index (χ0) is 27.9. The van der Waals surface area contributed by atoms with Crippen molar-refractivity contribution >= 4 is 28.5 Å². The van der Waals surface area contributed by atoms with Crippen molar-refractivity contribution in [3.63, 3.8) is 0 Å². The fourth-order valence-electron chi connectivity index (χ4n) is 6.27. The van der Waals surface area contributed by atoms with E-state index in [1.54, 1.807) is 48.3 Å². The first kappa shape index (κ1) is 26.4. The molecular weight excluding hydrogens is 514 g/mol. The van der Waals surface area contributed by atoms with Gasteiger partial charge in [0.15, 0.2) is 0 Å². The monoisotopic (exact) mass is 549 g/mol. The number of H-pyrrole nitrogens is 1. The molecule has 2 aromatic carbocycles. The maximum Gasteiger partial charge on any atom is 0.321 e. The molecule has 3 aliphatic heterocycles. The number of morpholine rings is 1. The molecule has 0 saturated carbocycles. The van der Waals surface area contributed by atoms with Crippen molar-refractivity contribution in [1.82, 2.24) is 19.7 Å². The van der Waals surface area contributed by atoms with Crippen LogP contribution in [0, 0.1) is 0 Å². The molecule has 4 heterocycles. The minimum Gasteiger partial charge on any atom is -0.497 e. The van der Waals surface area contributed by atoms with Crippen molar-refractivity contribution < 1.29 is 28.9 Å². The molecule has 1 atom stereocenters. The summed E-state index contributed by atoms with van der Waals surface area (Å²) in [6.45, 7) is 3.97. The van der Waals surface area contributed by atoms with E-state index in [-0.39, 0.29) is 25.1 Å². The van der Waals surface area contributed by atoms with Crippen LogP contribution in [0.5, 0.6) is 11.5 Å². The van der Waals surface area contributed by atoms with E-state index < -0.39 is 11.5 Å². The number of hydrogen-bond donors (Lipinski definition) is 3. The quantitative estimate of drug-likeness (QED) is 0.431. The molecule has 11 nitrogen and oxygen atoms in total. The molecule has 0 aliphatic carbocycles. The fourth-order valence-corrected chi connectivity index (χ4v) is 6.27. The maximum absolute atomic E-state index is 13.7. The third-order valence-corrected chi connectivity index (χ3v) is 8.32. The zero-order valence-corrected chi connectivity index (χ0v) is 22.8. The molecule has 3 N–H and O–H groups in total. The Balaban J connectivity index is 1.30. The number of hydrogen-bond acceptors (Lipinski definition) is 7. The number of methoxy groups -OCH3 is 2. The molecule has 1 aromatic heterocycles. The molecule has 0 unspecified atom stereocenters. The van der Waals surface area contributed by atoms with E-state index in [9.17, 15) is 14.7 Å². The lowest BCUT2D eigenvalue weighted by atomic mass is 9.68. The number of anilines is 1. The van der Waals surface area contributed by atoms with E-state index in [4.69, 9.17) is 14.2 Å². The molecular formula is C29H35N5O6. The SMILES string of the molecule is COc1ccc(NC(=O)N2CC3(C2)CN(C(=O)CN2CCOCC2)[C@H](CO)c2[nH]c4cc(OC)ccc4c23)cc1. The van der Waals surface area contributed by atoms with Crippen LogP contribution in [-0.2, 0) is 14.9 Å². The second-order valence-electron chi connectivity index (χ2n) is 10.7. The van der Waals surface area contributed by atoms with E-state index in [0.29, 0.717) is 57.4 Å². The van der Waals surface area contributed by atoms with Crippen LogP contribution in [0.4, 0.5) is 10.5 Å². The lowest BCUT2D eigenvalue weighted by Crippen LogP contribution is -2.69. The van der Waals surface area contributed by atoms with Crippen LogP contribution in [0.3, 0.4) is 0 Å². The van der Waals surface area contributed by atoms with Gasteiger partial charge in [0, 0.05) is 61.1 Å². The number of urea groups is 1.